The second-order valence-corrected chi connectivity index (χ2v) is 5.71. The summed E-state index contributed by atoms with van der Waals surface area (Å²) in [5, 5.41) is 0. The van der Waals surface area contributed by atoms with E-state index in [1.165, 1.54) is 64.2 Å². The van der Waals surface area contributed by atoms with Gasteiger partial charge in [0, 0.05) is 0 Å². The van der Waals surface area contributed by atoms with E-state index in [1.54, 1.807) is 0 Å². The molecular formula is C17H35. The fourth-order valence-electron chi connectivity index (χ4n) is 2.63. The largest absolute Gasteiger partial charge is 0.0654 e. The fraction of sp³-hybridized carbons (Fsp3) is 0.941. The molecule has 2 atom stereocenters. The molecule has 0 heteroatoms. The topological polar surface area (TPSA) is 0 Å². The van der Waals surface area contributed by atoms with Crippen LogP contribution in [-0.2, 0) is 0 Å². The average molecular weight is 239 g/mol. The second-order valence-electron chi connectivity index (χ2n) is 5.71. The van der Waals surface area contributed by atoms with Crippen molar-refractivity contribution < 1.29 is 0 Å². The smallest absolute Gasteiger partial charge is 0.0326 e. The van der Waals surface area contributed by atoms with Gasteiger partial charge in [-0.3, -0.25) is 0 Å². The zero-order valence-corrected chi connectivity index (χ0v) is 12.8. The SMILES string of the molecule is CCCCCCC([CH]C(C)CCCC)CCC. The van der Waals surface area contributed by atoms with Crippen LogP contribution in [0.25, 0.3) is 0 Å². The van der Waals surface area contributed by atoms with Crippen LogP contribution in [0.1, 0.15) is 91.9 Å². The molecule has 0 bridgehead atoms. The van der Waals surface area contributed by atoms with E-state index >= 15 is 0 Å². The van der Waals surface area contributed by atoms with Gasteiger partial charge in [-0.15, -0.1) is 0 Å². The lowest BCUT2D eigenvalue weighted by molar-refractivity contribution is 0.413. The van der Waals surface area contributed by atoms with Gasteiger partial charge < -0.3 is 0 Å². The summed E-state index contributed by atoms with van der Waals surface area (Å²) >= 11 is 0. The quantitative estimate of drug-likeness (QED) is 0.345. The Balaban J connectivity index is 3.71. The minimum Gasteiger partial charge on any atom is -0.0654 e. The van der Waals surface area contributed by atoms with E-state index in [9.17, 15) is 0 Å². The van der Waals surface area contributed by atoms with Gasteiger partial charge in [-0.05, 0) is 18.3 Å². The van der Waals surface area contributed by atoms with Crippen LogP contribution in [0.5, 0.6) is 0 Å². The van der Waals surface area contributed by atoms with Crippen molar-refractivity contribution in [1.29, 1.82) is 0 Å². The highest BCUT2D eigenvalue weighted by atomic mass is 14.2. The van der Waals surface area contributed by atoms with E-state index in [-0.39, 0.29) is 0 Å². The lowest BCUT2D eigenvalue weighted by atomic mass is 9.86. The number of hydrogen-bond acceptors (Lipinski definition) is 0. The maximum absolute atomic E-state index is 2.66. The van der Waals surface area contributed by atoms with Crippen LogP contribution in [0.15, 0.2) is 0 Å². The molecule has 0 aromatic carbocycles. The maximum Gasteiger partial charge on any atom is -0.0326 e. The Kier molecular flexibility index (Phi) is 12.5. The molecule has 0 aliphatic rings. The number of unbranched alkanes of at least 4 members (excludes halogenated alkanes) is 4. The molecule has 1 radical (unpaired) electrons. The van der Waals surface area contributed by atoms with Crippen LogP contribution < -0.4 is 0 Å². The van der Waals surface area contributed by atoms with Crippen molar-refractivity contribution >= 4 is 0 Å². The molecular weight excluding hydrogens is 204 g/mol. The third kappa shape index (κ3) is 10.9. The first-order chi connectivity index (χ1) is 8.24. The Hall–Kier alpha value is 0. The van der Waals surface area contributed by atoms with E-state index in [0.29, 0.717) is 0 Å². The molecule has 0 aliphatic carbocycles. The van der Waals surface area contributed by atoms with Gasteiger partial charge in [0.1, 0.15) is 0 Å². The molecule has 0 aliphatic heterocycles. The van der Waals surface area contributed by atoms with Crippen molar-refractivity contribution in [3.63, 3.8) is 0 Å². The standard InChI is InChI=1S/C17H35/c1-5-8-10-11-14-17(12-7-3)15-16(4)13-9-6-2/h15-17H,5-14H2,1-4H3. The van der Waals surface area contributed by atoms with Gasteiger partial charge in [0.15, 0.2) is 0 Å². The lowest BCUT2D eigenvalue weighted by Gasteiger charge is -2.20. The van der Waals surface area contributed by atoms with Gasteiger partial charge in [0.25, 0.3) is 0 Å². The minimum absolute atomic E-state index is 0.831. The van der Waals surface area contributed by atoms with Gasteiger partial charge in [-0.2, -0.15) is 0 Å². The molecule has 0 N–H and O–H groups in total. The molecule has 0 amide bonds. The maximum atomic E-state index is 2.66. The van der Waals surface area contributed by atoms with Crippen LogP contribution in [-0.4, -0.2) is 0 Å². The van der Waals surface area contributed by atoms with Crippen LogP contribution >= 0.6 is 0 Å². The van der Waals surface area contributed by atoms with Crippen LogP contribution in [0.2, 0.25) is 0 Å². The summed E-state index contributed by atoms with van der Waals surface area (Å²) in [6.07, 6.45) is 16.6. The van der Waals surface area contributed by atoms with Gasteiger partial charge >= 0.3 is 0 Å². The van der Waals surface area contributed by atoms with Crippen molar-refractivity contribution in [3.8, 4) is 0 Å². The molecule has 0 nitrogen and oxygen atoms in total. The molecule has 2 unspecified atom stereocenters. The second kappa shape index (κ2) is 12.5. The Labute approximate surface area is 111 Å². The Morgan fingerprint density at radius 3 is 2.00 bits per heavy atom. The molecule has 0 saturated carbocycles. The van der Waals surface area contributed by atoms with E-state index in [0.717, 1.165) is 11.8 Å². The predicted molar refractivity (Wildman–Crippen MR) is 80.1 cm³/mol. The van der Waals surface area contributed by atoms with Gasteiger partial charge in [0.2, 0.25) is 0 Å². The van der Waals surface area contributed by atoms with Crippen LogP contribution in [0.3, 0.4) is 0 Å². The van der Waals surface area contributed by atoms with Crippen molar-refractivity contribution in [3.05, 3.63) is 6.42 Å². The summed E-state index contributed by atoms with van der Waals surface area (Å²) < 4.78 is 0. The molecule has 0 fully saturated rings. The van der Waals surface area contributed by atoms with E-state index in [2.05, 4.69) is 34.1 Å². The van der Waals surface area contributed by atoms with Gasteiger partial charge in [-0.25, -0.2) is 0 Å². The van der Waals surface area contributed by atoms with Crippen molar-refractivity contribution in [2.24, 2.45) is 11.8 Å². The highest BCUT2D eigenvalue weighted by molar-refractivity contribution is 4.81. The molecule has 103 valence electrons. The zero-order chi connectivity index (χ0) is 12.9. The first-order valence-corrected chi connectivity index (χ1v) is 8.09. The molecule has 0 aromatic rings. The molecule has 0 heterocycles. The average Bonchev–Trinajstić information content (AvgIpc) is 2.32. The summed E-state index contributed by atoms with van der Waals surface area (Å²) in [7, 11) is 0. The molecule has 17 heavy (non-hydrogen) atoms. The van der Waals surface area contributed by atoms with Gasteiger partial charge in [-0.1, -0.05) is 91.9 Å². The summed E-state index contributed by atoms with van der Waals surface area (Å²) in [6, 6.07) is 0. The number of rotatable bonds is 12. The molecule has 0 aromatic heterocycles. The predicted octanol–water partition coefficient (Wildman–Crippen LogP) is 6.40. The fourth-order valence-corrected chi connectivity index (χ4v) is 2.63. The third-order valence-electron chi connectivity index (χ3n) is 3.70. The molecule has 0 spiro atoms. The Morgan fingerprint density at radius 1 is 0.706 bits per heavy atom. The molecule has 0 rings (SSSR count). The third-order valence-corrected chi connectivity index (χ3v) is 3.70. The lowest BCUT2D eigenvalue weighted by Crippen LogP contribution is -2.08. The summed E-state index contributed by atoms with van der Waals surface area (Å²) in [5.74, 6) is 1.72. The van der Waals surface area contributed by atoms with Crippen molar-refractivity contribution in [2.45, 2.75) is 91.9 Å². The summed E-state index contributed by atoms with van der Waals surface area (Å²) in [4.78, 5) is 0. The first-order valence-electron chi connectivity index (χ1n) is 8.09. The van der Waals surface area contributed by atoms with E-state index in [1.807, 2.05) is 0 Å². The Bertz CT molecular complexity index is 139. The van der Waals surface area contributed by atoms with E-state index in [4.69, 9.17) is 0 Å². The van der Waals surface area contributed by atoms with Crippen molar-refractivity contribution in [2.75, 3.05) is 0 Å². The van der Waals surface area contributed by atoms with Crippen molar-refractivity contribution in [1.82, 2.24) is 0 Å². The highest BCUT2D eigenvalue weighted by Gasteiger charge is 2.12. The van der Waals surface area contributed by atoms with Gasteiger partial charge in [0.05, 0.1) is 0 Å². The first kappa shape index (κ1) is 17.0. The number of hydrogen-bond donors (Lipinski definition) is 0. The van der Waals surface area contributed by atoms with Crippen LogP contribution in [0, 0.1) is 18.3 Å². The van der Waals surface area contributed by atoms with E-state index < -0.39 is 0 Å². The van der Waals surface area contributed by atoms with Crippen LogP contribution in [0.4, 0.5) is 0 Å². The highest BCUT2D eigenvalue weighted by Crippen LogP contribution is 2.25. The summed E-state index contributed by atoms with van der Waals surface area (Å²) in [6.45, 7) is 9.32. The molecule has 0 saturated heterocycles. The zero-order valence-electron chi connectivity index (χ0n) is 12.8. The normalized spacial score (nSPS) is 14.8. The summed E-state index contributed by atoms with van der Waals surface area (Å²) in [5.41, 5.74) is 0. The monoisotopic (exact) mass is 239 g/mol. The Morgan fingerprint density at radius 2 is 1.41 bits per heavy atom. The minimum atomic E-state index is 0.831.